The van der Waals surface area contributed by atoms with Gasteiger partial charge in [0.2, 0.25) is 0 Å². The van der Waals surface area contributed by atoms with Crippen LogP contribution in [0.3, 0.4) is 0 Å². The molecule has 0 aliphatic carbocycles. The van der Waals surface area contributed by atoms with Crippen LogP contribution in [0.2, 0.25) is 0 Å². The molecule has 0 aromatic carbocycles. The van der Waals surface area contributed by atoms with Crippen molar-refractivity contribution in [3.05, 3.63) is 0 Å². The van der Waals surface area contributed by atoms with Gasteiger partial charge in [-0.25, -0.2) is 4.79 Å². The molecule has 0 spiro atoms. The Kier molecular flexibility index (Phi) is 3.74. The van der Waals surface area contributed by atoms with E-state index >= 15 is 0 Å². The third kappa shape index (κ3) is 4.06. The first-order chi connectivity index (χ1) is 7.28. The van der Waals surface area contributed by atoms with Crippen molar-refractivity contribution in [2.24, 2.45) is 0 Å². The number of carbonyl (C=O) groups excluding carboxylic acids is 1. The third-order valence-corrected chi connectivity index (χ3v) is 2.14. The lowest BCUT2D eigenvalue weighted by Crippen LogP contribution is -2.47. The Bertz CT molecular complexity index is 285. The molecule has 1 aliphatic heterocycles. The Morgan fingerprint density at radius 2 is 2.00 bits per heavy atom. The van der Waals surface area contributed by atoms with Gasteiger partial charge in [-0.3, -0.25) is 10.1 Å². The molecule has 6 heteroatoms. The van der Waals surface area contributed by atoms with Crippen molar-refractivity contribution in [1.82, 2.24) is 10.6 Å². The Labute approximate surface area is 94.3 Å². The van der Waals surface area contributed by atoms with Gasteiger partial charge in [-0.1, -0.05) is 0 Å². The fourth-order valence-electron chi connectivity index (χ4n) is 1.50. The zero-order chi connectivity index (χ0) is 12.3. The highest BCUT2D eigenvalue weighted by molar-refractivity contribution is 5.74. The number of carboxylic acid groups (broad SMARTS) is 1. The molecule has 6 nitrogen and oxygen atoms in total. The molecule has 3 N–H and O–H groups in total. The second-order valence-corrected chi connectivity index (χ2v) is 4.83. The van der Waals surface area contributed by atoms with E-state index in [1.165, 1.54) is 0 Å². The molecule has 1 heterocycles. The Balaban J connectivity index is 2.34. The average Bonchev–Trinajstić information content (AvgIpc) is 2.48. The van der Waals surface area contributed by atoms with Gasteiger partial charge in [0.1, 0.15) is 11.6 Å². The van der Waals surface area contributed by atoms with Crippen LogP contribution in [0.15, 0.2) is 0 Å². The van der Waals surface area contributed by atoms with Crippen LogP contribution in [0.25, 0.3) is 0 Å². The van der Waals surface area contributed by atoms with Crippen LogP contribution in [0.5, 0.6) is 0 Å². The molecule has 1 saturated heterocycles. The summed E-state index contributed by atoms with van der Waals surface area (Å²) in [7, 11) is 0. The maximum atomic E-state index is 11.4. The molecule has 1 aliphatic rings. The van der Waals surface area contributed by atoms with Crippen LogP contribution in [-0.2, 0) is 9.53 Å². The largest absolute Gasteiger partial charge is 0.480 e. The number of hydrogen-bond acceptors (Lipinski definition) is 4. The van der Waals surface area contributed by atoms with Crippen molar-refractivity contribution in [3.63, 3.8) is 0 Å². The molecule has 0 bridgehead atoms. The summed E-state index contributed by atoms with van der Waals surface area (Å²) in [6.07, 6.45) is 0.249. The van der Waals surface area contributed by atoms with Crippen molar-refractivity contribution in [2.75, 3.05) is 0 Å². The summed E-state index contributed by atoms with van der Waals surface area (Å²) < 4.78 is 5.06. The van der Waals surface area contributed by atoms with Crippen LogP contribution in [0, 0.1) is 0 Å². The van der Waals surface area contributed by atoms with Gasteiger partial charge in [0, 0.05) is 0 Å². The predicted octanol–water partition coefficient (Wildman–Crippen LogP) is 0.674. The summed E-state index contributed by atoms with van der Waals surface area (Å²) in [5.74, 6) is -0.895. The van der Waals surface area contributed by atoms with Crippen molar-refractivity contribution < 1.29 is 19.4 Å². The number of rotatable bonds is 2. The molecule has 0 aromatic heterocycles. The standard InChI is InChI=1S/C10H18N2O4/c1-10(2,3)16-9(15)12-7-5-4-6(11-7)8(13)14/h6-7,11H,4-5H2,1-3H3,(H,12,15)(H,13,14)/t6-,7?/m1/s1. The summed E-state index contributed by atoms with van der Waals surface area (Å²) in [6, 6.07) is -0.583. The third-order valence-electron chi connectivity index (χ3n) is 2.14. The van der Waals surface area contributed by atoms with Crippen molar-refractivity contribution in [2.45, 2.75) is 51.4 Å². The predicted molar refractivity (Wildman–Crippen MR) is 57.0 cm³/mol. The second kappa shape index (κ2) is 4.69. The van der Waals surface area contributed by atoms with Crippen molar-refractivity contribution in [1.29, 1.82) is 0 Å². The fourth-order valence-corrected chi connectivity index (χ4v) is 1.50. The van der Waals surface area contributed by atoms with Gasteiger partial charge in [-0.15, -0.1) is 0 Å². The number of amides is 1. The lowest BCUT2D eigenvalue weighted by Gasteiger charge is -2.21. The van der Waals surface area contributed by atoms with Crippen molar-refractivity contribution >= 4 is 12.1 Å². The lowest BCUT2D eigenvalue weighted by molar-refractivity contribution is -0.139. The zero-order valence-corrected chi connectivity index (χ0v) is 9.74. The molecule has 0 aromatic rings. The molecular weight excluding hydrogens is 212 g/mol. The van der Waals surface area contributed by atoms with Gasteiger partial charge < -0.3 is 15.2 Å². The fraction of sp³-hybridized carbons (Fsp3) is 0.800. The van der Waals surface area contributed by atoms with E-state index in [2.05, 4.69) is 10.6 Å². The number of alkyl carbamates (subject to hydrolysis) is 1. The summed E-state index contributed by atoms with van der Waals surface area (Å²) in [4.78, 5) is 22.0. The van der Waals surface area contributed by atoms with E-state index in [0.717, 1.165) is 0 Å². The SMILES string of the molecule is CC(C)(C)OC(=O)NC1CC[C@H](C(=O)O)N1. The summed E-state index contributed by atoms with van der Waals surface area (Å²) in [6.45, 7) is 5.32. The monoisotopic (exact) mass is 230 g/mol. The highest BCUT2D eigenvalue weighted by atomic mass is 16.6. The van der Waals surface area contributed by atoms with E-state index in [1.54, 1.807) is 20.8 Å². The first-order valence-electron chi connectivity index (χ1n) is 5.26. The Hall–Kier alpha value is -1.30. The van der Waals surface area contributed by atoms with E-state index in [9.17, 15) is 9.59 Å². The molecular formula is C10H18N2O4. The van der Waals surface area contributed by atoms with E-state index in [4.69, 9.17) is 9.84 Å². The molecule has 1 unspecified atom stereocenters. The summed E-state index contributed by atoms with van der Waals surface area (Å²) in [5.41, 5.74) is -0.547. The van der Waals surface area contributed by atoms with Gasteiger partial charge in [0.15, 0.2) is 0 Å². The smallest absolute Gasteiger partial charge is 0.408 e. The first-order valence-corrected chi connectivity index (χ1v) is 5.26. The Morgan fingerprint density at radius 3 is 2.44 bits per heavy atom. The van der Waals surface area contributed by atoms with Crippen LogP contribution < -0.4 is 10.6 Å². The van der Waals surface area contributed by atoms with Gasteiger partial charge in [-0.05, 0) is 33.6 Å². The maximum Gasteiger partial charge on any atom is 0.408 e. The number of aliphatic carboxylic acids is 1. The molecule has 16 heavy (non-hydrogen) atoms. The molecule has 1 rings (SSSR count). The average molecular weight is 230 g/mol. The topological polar surface area (TPSA) is 87.7 Å². The minimum atomic E-state index is -0.895. The lowest BCUT2D eigenvalue weighted by atomic mass is 10.2. The van der Waals surface area contributed by atoms with Gasteiger partial charge in [0.25, 0.3) is 0 Å². The van der Waals surface area contributed by atoms with Crippen LogP contribution in [0.4, 0.5) is 4.79 Å². The van der Waals surface area contributed by atoms with Crippen LogP contribution in [0.1, 0.15) is 33.6 Å². The second-order valence-electron chi connectivity index (χ2n) is 4.83. The van der Waals surface area contributed by atoms with E-state index < -0.39 is 23.7 Å². The highest BCUT2D eigenvalue weighted by Crippen LogP contribution is 2.12. The Morgan fingerprint density at radius 1 is 1.38 bits per heavy atom. The maximum absolute atomic E-state index is 11.4. The molecule has 0 saturated carbocycles. The van der Waals surface area contributed by atoms with Crippen LogP contribution in [-0.4, -0.2) is 35.0 Å². The van der Waals surface area contributed by atoms with Gasteiger partial charge >= 0.3 is 12.1 Å². The normalized spacial score (nSPS) is 25.2. The first kappa shape index (κ1) is 12.8. The van der Waals surface area contributed by atoms with E-state index in [0.29, 0.717) is 12.8 Å². The van der Waals surface area contributed by atoms with Gasteiger partial charge in [0.05, 0.1) is 6.17 Å². The van der Waals surface area contributed by atoms with Crippen molar-refractivity contribution in [3.8, 4) is 0 Å². The summed E-state index contributed by atoms with van der Waals surface area (Å²) in [5, 5.41) is 14.1. The highest BCUT2D eigenvalue weighted by Gasteiger charge is 2.30. The van der Waals surface area contributed by atoms with E-state index in [-0.39, 0.29) is 6.17 Å². The molecule has 1 amide bonds. The molecule has 0 radical (unpaired) electrons. The molecule has 1 fully saturated rings. The minimum absolute atomic E-state index is 0.323. The number of carbonyl (C=O) groups is 2. The number of carboxylic acids is 1. The number of nitrogens with one attached hydrogen (secondary N) is 2. The number of hydrogen-bond donors (Lipinski definition) is 3. The number of ether oxygens (including phenoxy) is 1. The quantitative estimate of drug-likeness (QED) is 0.649. The van der Waals surface area contributed by atoms with E-state index in [1.807, 2.05) is 0 Å². The molecule has 2 atom stereocenters. The zero-order valence-electron chi connectivity index (χ0n) is 9.74. The summed E-state index contributed by atoms with van der Waals surface area (Å²) >= 11 is 0. The van der Waals surface area contributed by atoms with Crippen LogP contribution >= 0.6 is 0 Å². The minimum Gasteiger partial charge on any atom is -0.480 e. The van der Waals surface area contributed by atoms with Gasteiger partial charge in [-0.2, -0.15) is 0 Å². The molecule has 92 valence electrons.